The van der Waals surface area contributed by atoms with Gasteiger partial charge in [-0.2, -0.15) is 0 Å². The van der Waals surface area contributed by atoms with Crippen molar-refractivity contribution in [1.29, 1.82) is 0 Å². The maximum absolute atomic E-state index is 12.2. The number of rotatable bonds is 7. The number of benzene rings is 1. The van der Waals surface area contributed by atoms with E-state index in [-0.39, 0.29) is 12.0 Å². The highest BCUT2D eigenvalue weighted by Gasteiger charge is 2.16. The molecule has 1 aliphatic rings. The van der Waals surface area contributed by atoms with Crippen LogP contribution in [0.5, 0.6) is 5.75 Å². The molecular weight excluding hydrogens is 320 g/mol. The molecule has 1 unspecified atom stereocenters. The van der Waals surface area contributed by atoms with Crippen molar-refractivity contribution in [3.8, 4) is 5.75 Å². The molecule has 1 saturated heterocycles. The van der Waals surface area contributed by atoms with E-state index in [9.17, 15) is 4.79 Å². The van der Waals surface area contributed by atoms with Gasteiger partial charge in [0.25, 0.3) is 0 Å². The maximum atomic E-state index is 12.2. The van der Waals surface area contributed by atoms with E-state index in [1.54, 1.807) is 0 Å². The Morgan fingerprint density at radius 3 is 3.00 bits per heavy atom. The lowest BCUT2D eigenvalue weighted by Crippen LogP contribution is -2.16. The van der Waals surface area contributed by atoms with E-state index in [0.717, 1.165) is 47.9 Å². The SMILES string of the molecule is Cc1noc(C)c1CCC(=O)Nc1cccc(OCC2CCCO2)c1. The smallest absolute Gasteiger partial charge is 0.224 e. The normalized spacial score (nSPS) is 16.8. The molecule has 0 bridgehead atoms. The molecule has 1 N–H and O–H groups in total. The standard InChI is InChI=1S/C19H24N2O4/c1-13-18(14(2)25-21-13)8-9-19(22)20-15-5-3-6-16(11-15)24-12-17-7-4-10-23-17/h3,5-6,11,17H,4,7-10,12H2,1-2H3,(H,20,22). The number of carbonyl (C=O) groups is 1. The average molecular weight is 344 g/mol. The van der Waals surface area contributed by atoms with Crippen LogP contribution in [0, 0.1) is 13.8 Å². The number of hydrogen-bond acceptors (Lipinski definition) is 5. The first-order chi connectivity index (χ1) is 12.1. The molecule has 0 aliphatic carbocycles. The van der Waals surface area contributed by atoms with Crippen LogP contribution in [0.4, 0.5) is 5.69 Å². The van der Waals surface area contributed by atoms with Gasteiger partial charge in [0.1, 0.15) is 18.1 Å². The Labute approximate surface area is 147 Å². The van der Waals surface area contributed by atoms with E-state index in [1.165, 1.54) is 0 Å². The maximum Gasteiger partial charge on any atom is 0.224 e. The first-order valence-electron chi connectivity index (χ1n) is 8.68. The van der Waals surface area contributed by atoms with Crippen LogP contribution in [0.3, 0.4) is 0 Å². The van der Waals surface area contributed by atoms with Gasteiger partial charge in [-0.25, -0.2) is 0 Å². The number of nitrogens with zero attached hydrogens (tertiary/aromatic N) is 1. The van der Waals surface area contributed by atoms with Gasteiger partial charge in [-0.05, 0) is 45.2 Å². The van der Waals surface area contributed by atoms with Gasteiger partial charge in [0.05, 0.1) is 11.8 Å². The molecule has 6 heteroatoms. The Morgan fingerprint density at radius 2 is 2.28 bits per heavy atom. The number of carbonyl (C=O) groups excluding carboxylic acids is 1. The van der Waals surface area contributed by atoms with Crippen molar-refractivity contribution < 1.29 is 18.8 Å². The van der Waals surface area contributed by atoms with Crippen LogP contribution in [-0.2, 0) is 16.0 Å². The van der Waals surface area contributed by atoms with Gasteiger partial charge in [-0.15, -0.1) is 0 Å². The third kappa shape index (κ3) is 4.82. The van der Waals surface area contributed by atoms with Gasteiger partial charge in [0.2, 0.25) is 5.91 Å². The Hall–Kier alpha value is -2.34. The van der Waals surface area contributed by atoms with Gasteiger partial charge >= 0.3 is 0 Å². The highest BCUT2D eigenvalue weighted by Crippen LogP contribution is 2.20. The summed E-state index contributed by atoms with van der Waals surface area (Å²) in [6, 6.07) is 7.44. The Kier molecular flexibility index (Phi) is 5.71. The summed E-state index contributed by atoms with van der Waals surface area (Å²) in [6.45, 7) is 5.11. The quantitative estimate of drug-likeness (QED) is 0.833. The molecule has 2 heterocycles. The third-order valence-electron chi connectivity index (χ3n) is 4.36. The van der Waals surface area contributed by atoms with Gasteiger partial charge < -0.3 is 19.3 Å². The number of anilines is 1. The minimum atomic E-state index is -0.0451. The molecular formula is C19H24N2O4. The fourth-order valence-corrected chi connectivity index (χ4v) is 2.95. The molecule has 6 nitrogen and oxygen atoms in total. The number of aromatic nitrogens is 1. The third-order valence-corrected chi connectivity index (χ3v) is 4.36. The van der Waals surface area contributed by atoms with Crippen LogP contribution in [0.15, 0.2) is 28.8 Å². The van der Waals surface area contributed by atoms with Crippen molar-refractivity contribution in [3.05, 3.63) is 41.3 Å². The minimum Gasteiger partial charge on any atom is -0.491 e. The van der Waals surface area contributed by atoms with Crippen LogP contribution in [0.1, 0.15) is 36.3 Å². The van der Waals surface area contributed by atoms with Crippen LogP contribution in [-0.4, -0.2) is 30.4 Å². The molecule has 0 radical (unpaired) electrons. The highest BCUT2D eigenvalue weighted by molar-refractivity contribution is 5.91. The number of nitrogens with one attached hydrogen (secondary N) is 1. The van der Waals surface area contributed by atoms with Gasteiger partial charge in [0, 0.05) is 30.3 Å². The van der Waals surface area contributed by atoms with Crippen molar-refractivity contribution in [3.63, 3.8) is 0 Å². The molecule has 3 rings (SSSR count). The summed E-state index contributed by atoms with van der Waals surface area (Å²) in [7, 11) is 0. The number of ether oxygens (including phenoxy) is 2. The van der Waals surface area contributed by atoms with Gasteiger partial charge in [0.15, 0.2) is 0 Å². The van der Waals surface area contributed by atoms with E-state index in [2.05, 4.69) is 10.5 Å². The van der Waals surface area contributed by atoms with Gasteiger partial charge in [-0.3, -0.25) is 4.79 Å². The summed E-state index contributed by atoms with van der Waals surface area (Å²) < 4.78 is 16.4. The molecule has 1 aliphatic heterocycles. The minimum absolute atomic E-state index is 0.0451. The molecule has 134 valence electrons. The van der Waals surface area contributed by atoms with Crippen molar-refractivity contribution in [2.45, 2.75) is 45.6 Å². The molecule has 1 atom stereocenters. The Balaban J connectivity index is 1.49. The predicted molar refractivity (Wildman–Crippen MR) is 93.8 cm³/mol. The van der Waals surface area contributed by atoms with E-state index in [0.29, 0.717) is 19.4 Å². The van der Waals surface area contributed by atoms with E-state index < -0.39 is 0 Å². The van der Waals surface area contributed by atoms with E-state index in [1.807, 2.05) is 38.1 Å². The van der Waals surface area contributed by atoms with Crippen LogP contribution < -0.4 is 10.1 Å². The molecule has 1 fully saturated rings. The lowest BCUT2D eigenvalue weighted by Gasteiger charge is -2.12. The second-order valence-corrected chi connectivity index (χ2v) is 6.32. The molecule has 1 amide bonds. The first kappa shape index (κ1) is 17.5. The first-order valence-corrected chi connectivity index (χ1v) is 8.68. The monoisotopic (exact) mass is 344 g/mol. The summed E-state index contributed by atoms with van der Waals surface area (Å²) in [4.78, 5) is 12.2. The summed E-state index contributed by atoms with van der Waals surface area (Å²) in [5.74, 6) is 1.46. The second kappa shape index (κ2) is 8.16. The van der Waals surface area contributed by atoms with Gasteiger partial charge in [-0.1, -0.05) is 11.2 Å². The lowest BCUT2D eigenvalue weighted by atomic mass is 10.1. The lowest BCUT2D eigenvalue weighted by molar-refractivity contribution is -0.116. The molecule has 2 aromatic rings. The number of amides is 1. The highest BCUT2D eigenvalue weighted by atomic mass is 16.5. The molecule has 0 spiro atoms. The van der Waals surface area contributed by atoms with E-state index >= 15 is 0 Å². The second-order valence-electron chi connectivity index (χ2n) is 6.32. The molecule has 0 saturated carbocycles. The zero-order valence-corrected chi connectivity index (χ0v) is 14.7. The molecule has 1 aromatic heterocycles. The fraction of sp³-hybridized carbons (Fsp3) is 0.474. The summed E-state index contributed by atoms with van der Waals surface area (Å²) in [6.07, 6.45) is 3.30. The average Bonchev–Trinajstić information content (AvgIpc) is 3.22. The van der Waals surface area contributed by atoms with Crippen LogP contribution in [0.25, 0.3) is 0 Å². The summed E-state index contributed by atoms with van der Waals surface area (Å²) in [5.41, 5.74) is 2.58. The van der Waals surface area contributed by atoms with E-state index in [4.69, 9.17) is 14.0 Å². The van der Waals surface area contributed by atoms with Crippen LogP contribution >= 0.6 is 0 Å². The zero-order chi connectivity index (χ0) is 17.6. The summed E-state index contributed by atoms with van der Waals surface area (Å²) >= 11 is 0. The fourth-order valence-electron chi connectivity index (χ4n) is 2.95. The molecule has 25 heavy (non-hydrogen) atoms. The predicted octanol–water partition coefficient (Wildman–Crippen LogP) is 3.42. The van der Waals surface area contributed by atoms with Crippen molar-refractivity contribution in [1.82, 2.24) is 5.16 Å². The number of hydrogen-bond donors (Lipinski definition) is 1. The Bertz CT molecular complexity index is 700. The molecule has 1 aromatic carbocycles. The van der Waals surface area contributed by atoms with Crippen molar-refractivity contribution in [2.75, 3.05) is 18.5 Å². The largest absolute Gasteiger partial charge is 0.491 e. The van der Waals surface area contributed by atoms with Crippen LogP contribution in [0.2, 0.25) is 0 Å². The Morgan fingerprint density at radius 1 is 1.40 bits per heavy atom. The number of aryl methyl sites for hydroxylation is 2. The topological polar surface area (TPSA) is 73.6 Å². The summed E-state index contributed by atoms with van der Waals surface area (Å²) in [5, 5.41) is 6.82. The van der Waals surface area contributed by atoms with Crippen molar-refractivity contribution >= 4 is 11.6 Å². The zero-order valence-electron chi connectivity index (χ0n) is 14.7. The van der Waals surface area contributed by atoms with Crippen molar-refractivity contribution in [2.24, 2.45) is 0 Å².